The van der Waals surface area contributed by atoms with Crippen LogP contribution < -0.4 is 0 Å². The molecule has 0 aliphatic rings. The topological polar surface area (TPSA) is 61.2 Å². The maximum atomic E-state index is 12.5. The highest BCUT2D eigenvalue weighted by molar-refractivity contribution is 7.89. The van der Waals surface area contributed by atoms with Gasteiger partial charge in [-0.25, -0.2) is 8.42 Å². The van der Waals surface area contributed by atoms with E-state index in [9.17, 15) is 8.42 Å². The van der Waals surface area contributed by atoms with Gasteiger partial charge in [0.25, 0.3) is 0 Å². The molecule has 0 N–H and O–H groups in total. The molecule has 0 bridgehead atoms. The standard InChI is InChI=1S/C14H18N2O2S/c1-4-8-16(9-5-2)19(17,18)14-7-6-13(11-15)10-12(14)3/h4,6-7,10H,1,5,8-9H2,2-3H3. The minimum atomic E-state index is -3.53. The van der Waals surface area contributed by atoms with Crippen LogP contribution in [0.15, 0.2) is 35.7 Å². The Morgan fingerprint density at radius 2 is 2.16 bits per heavy atom. The lowest BCUT2D eigenvalue weighted by Gasteiger charge is -2.21. The van der Waals surface area contributed by atoms with E-state index >= 15 is 0 Å². The van der Waals surface area contributed by atoms with Gasteiger partial charge in [0.15, 0.2) is 0 Å². The van der Waals surface area contributed by atoms with Crippen LogP contribution in [0.3, 0.4) is 0 Å². The fourth-order valence-electron chi connectivity index (χ4n) is 1.85. The average Bonchev–Trinajstić information content (AvgIpc) is 2.38. The van der Waals surface area contributed by atoms with Gasteiger partial charge in [0.05, 0.1) is 16.5 Å². The molecule has 1 aromatic rings. The molecule has 0 radical (unpaired) electrons. The quantitative estimate of drug-likeness (QED) is 0.751. The Labute approximate surface area is 115 Å². The van der Waals surface area contributed by atoms with Gasteiger partial charge in [0.2, 0.25) is 10.0 Å². The van der Waals surface area contributed by atoms with Crippen LogP contribution >= 0.6 is 0 Å². The first-order valence-corrected chi connectivity index (χ1v) is 7.53. The molecule has 19 heavy (non-hydrogen) atoms. The van der Waals surface area contributed by atoms with Gasteiger partial charge in [-0.1, -0.05) is 13.0 Å². The number of hydrogen-bond acceptors (Lipinski definition) is 3. The van der Waals surface area contributed by atoms with E-state index in [4.69, 9.17) is 5.26 Å². The van der Waals surface area contributed by atoms with Crippen molar-refractivity contribution in [3.8, 4) is 6.07 Å². The van der Waals surface area contributed by atoms with Crippen LogP contribution in [0.2, 0.25) is 0 Å². The number of aryl methyl sites for hydroxylation is 1. The lowest BCUT2D eigenvalue weighted by molar-refractivity contribution is 0.441. The summed E-state index contributed by atoms with van der Waals surface area (Å²) in [4.78, 5) is 0.252. The maximum absolute atomic E-state index is 12.5. The molecule has 102 valence electrons. The molecule has 0 heterocycles. The van der Waals surface area contributed by atoms with Crippen LogP contribution in [-0.4, -0.2) is 25.8 Å². The highest BCUT2D eigenvalue weighted by atomic mass is 32.2. The van der Waals surface area contributed by atoms with E-state index in [0.29, 0.717) is 17.7 Å². The molecule has 4 nitrogen and oxygen atoms in total. The average molecular weight is 278 g/mol. The highest BCUT2D eigenvalue weighted by Crippen LogP contribution is 2.21. The van der Waals surface area contributed by atoms with E-state index in [2.05, 4.69) is 6.58 Å². The predicted molar refractivity (Wildman–Crippen MR) is 75.1 cm³/mol. The van der Waals surface area contributed by atoms with Gasteiger partial charge >= 0.3 is 0 Å². The summed E-state index contributed by atoms with van der Waals surface area (Å²) in [6, 6.07) is 6.61. The summed E-state index contributed by atoms with van der Waals surface area (Å²) in [5.74, 6) is 0. The maximum Gasteiger partial charge on any atom is 0.243 e. The second-order valence-corrected chi connectivity index (χ2v) is 6.15. The number of rotatable bonds is 6. The Morgan fingerprint density at radius 1 is 1.47 bits per heavy atom. The van der Waals surface area contributed by atoms with E-state index in [1.807, 2.05) is 13.0 Å². The molecule has 1 rings (SSSR count). The van der Waals surface area contributed by atoms with E-state index in [1.54, 1.807) is 19.1 Å². The third kappa shape index (κ3) is 3.43. The summed E-state index contributed by atoms with van der Waals surface area (Å²) in [6.07, 6.45) is 2.31. The monoisotopic (exact) mass is 278 g/mol. The van der Waals surface area contributed by atoms with Crippen LogP contribution in [0.5, 0.6) is 0 Å². The fourth-order valence-corrected chi connectivity index (χ4v) is 3.56. The smallest absolute Gasteiger partial charge is 0.207 e. The lowest BCUT2D eigenvalue weighted by atomic mass is 10.2. The van der Waals surface area contributed by atoms with Gasteiger partial charge in [0, 0.05) is 13.1 Å². The molecule has 0 amide bonds. The second kappa shape index (κ2) is 6.50. The molecule has 0 aromatic heterocycles. The molecular formula is C14H18N2O2S. The van der Waals surface area contributed by atoms with Crippen LogP contribution in [-0.2, 0) is 10.0 Å². The van der Waals surface area contributed by atoms with Crippen molar-refractivity contribution in [3.05, 3.63) is 42.0 Å². The van der Waals surface area contributed by atoms with Gasteiger partial charge in [-0.15, -0.1) is 6.58 Å². The second-order valence-electron chi connectivity index (χ2n) is 4.24. The molecule has 0 aliphatic heterocycles. The summed E-state index contributed by atoms with van der Waals surface area (Å²) in [6.45, 7) is 7.96. The van der Waals surface area contributed by atoms with Crippen LogP contribution in [0.4, 0.5) is 0 Å². The van der Waals surface area contributed by atoms with Crippen molar-refractivity contribution >= 4 is 10.0 Å². The molecule has 0 unspecified atom stereocenters. The number of hydrogen-bond donors (Lipinski definition) is 0. The number of benzene rings is 1. The molecule has 5 heteroatoms. The van der Waals surface area contributed by atoms with Crippen molar-refractivity contribution in [1.82, 2.24) is 4.31 Å². The predicted octanol–water partition coefficient (Wildman–Crippen LogP) is 2.45. The summed E-state index contributed by atoms with van der Waals surface area (Å²) in [7, 11) is -3.53. The largest absolute Gasteiger partial charge is 0.243 e. The summed E-state index contributed by atoms with van der Waals surface area (Å²) >= 11 is 0. The third-order valence-corrected chi connectivity index (χ3v) is 4.75. The van der Waals surface area contributed by atoms with Crippen molar-refractivity contribution in [3.63, 3.8) is 0 Å². The molecule has 0 saturated heterocycles. The zero-order valence-electron chi connectivity index (χ0n) is 11.3. The fraction of sp³-hybridized carbons (Fsp3) is 0.357. The molecule has 0 atom stereocenters. The third-order valence-electron chi connectivity index (χ3n) is 2.73. The normalized spacial score (nSPS) is 11.3. The summed E-state index contributed by atoms with van der Waals surface area (Å²) in [5.41, 5.74) is 1.05. The van der Waals surface area contributed by atoms with Crippen LogP contribution in [0.25, 0.3) is 0 Å². The molecule has 0 fully saturated rings. The van der Waals surface area contributed by atoms with Gasteiger partial charge < -0.3 is 0 Å². The first-order chi connectivity index (χ1) is 8.97. The van der Waals surface area contributed by atoms with Crippen molar-refractivity contribution in [1.29, 1.82) is 5.26 Å². The Hall–Kier alpha value is -1.64. The molecule has 0 spiro atoms. The number of nitrogens with zero attached hydrogens (tertiary/aromatic N) is 2. The molecule has 0 aliphatic carbocycles. The molecule has 0 saturated carbocycles. The van der Waals surface area contributed by atoms with Crippen molar-refractivity contribution in [2.24, 2.45) is 0 Å². The number of sulfonamides is 1. The highest BCUT2D eigenvalue weighted by Gasteiger charge is 2.24. The first kappa shape index (κ1) is 15.4. The van der Waals surface area contributed by atoms with Crippen LogP contribution in [0.1, 0.15) is 24.5 Å². The van der Waals surface area contributed by atoms with Crippen molar-refractivity contribution < 1.29 is 8.42 Å². The number of nitriles is 1. The lowest BCUT2D eigenvalue weighted by Crippen LogP contribution is -2.32. The Balaban J connectivity index is 3.25. The Kier molecular flexibility index (Phi) is 5.28. The van der Waals surface area contributed by atoms with Crippen LogP contribution in [0, 0.1) is 18.3 Å². The zero-order valence-corrected chi connectivity index (χ0v) is 12.1. The van der Waals surface area contributed by atoms with Crippen molar-refractivity contribution in [2.45, 2.75) is 25.2 Å². The minimum absolute atomic E-state index is 0.252. The van der Waals surface area contributed by atoms with E-state index in [1.165, 1.54) is 16.4 Å². The summed E-state index contributed by atoms with van der Waals surface area (Å²) < 4.78 is 26.5. The summed E-state index contributed by atoms with van der Waals surface area (Å²) in [5, 5.41) is 8.81. The minimum Gasteiger partial charge on any atom is -0.207 e. The van der Waals surface area contributed by atoms with E-state index in [0.717, 1.165) is 6.42 Å². The Morgan fingerprint density at radius 3 is 2.63 bits per heavy atom. The molecular weight excluding hydrogens is 260 g/mol. The SMILES string of the molecule is C=CCN(CCC)S(=O)(=O)c1ccc(C#N)cc1C. The zero-order chi connectivity index (χ0) is 14.5. The van der Waals surface area contributed by atoms with E-state index in [-0.39, 0.29) is 11.4 Å². The van der Waals surface area contributed by atoms with E-state index < -0.39 is 10.0 Å². The Bertz CT molecular complexity index is 600. The first-order valence-electron chi connectivity index (χ1n) is 6.09. The molecule has 1 aromatic carbocycles. The van der Waals surface area contributed by atoms with Crippen molar-refractivity contribution in [2.75, 3.05) is 13.1 Å². The van der Waals surface area contributed by atoms with Gasteiger partial charge in [-0.3, -0.25) is 0 Å². The van der Waals surface area contributed by atoms with Gasteiger partial charge in [-0.05, 0) is 37.1 Å². The van der Waals surface area contributed by atoms with Gasteiger partial charge in [0.1, 0.15) is 0 Å². The van der Waals surface area contributed by atoms with Gasteiger partial charge in [-0.2, -0.15) is 9.57 Å².